The summed E-state index contributed by atoms with van der Waals surface area (Å²) < 4.78 is 35.9. The number of benzene rings is 2. The first-order valence-electron chi connectivity index (χ1n) is 10.6. The molecule has 0 fully saturated rings. The highest BCUT2D eigenvalue weighted by Gasteiger charge is 2.76. The number of rotatable bonds is 13. The Morgan fingerprint density at radius 2 is 0.970 bits per heavy atom. The molecule has 0 saturated carbocycles. The topological polar surface area (TPSA) is 55.4 Å². The van der Waals surface area contributed by atoms with E-state index < -0.39 is 30.2 Å². The van der Waals surface area contributed by atoms with Crippen molar-refractivity contribution in [2.24, 2.45) is 0 Å². The molecule has 0 radical (unpaired) electrons. The summed E-state index contributed by atoms with van der Waals surface area (Å²) in [7, 11) is 2.19. The Hall–Kier alpha value is -0.206. The Labute approximate surface area is 219 Å². The maximum absolute atomic E-state index is 6.12. The molecule has 2 aromatic carbocycles. The van der Waals surface area contributed by atoms with E-state index in [1.807, 2.05) is 12.1 Å². The predicted molar refractivity (Wildman–Crippen MR) is 150 cm³/mol. The van der Waals surface area contributed by atoms with E-state index in [9.17, 15) is 0 Å². The van der Waals surface area contributed by atoms with Crippen LogP contribution in [0.5, 0.6) is 0 Å². The summed E-state index contributed by atoms with van der Waals surface area (Å²) in [6.07, 6.45) is 0.821. The molecule has 2 aromatic rings. The fraction of sp³-hybridized carbons (Fsp3) is 0.478. The van der Waals surface area contributed by atoms with E-state index in [2.05, 4.69) is 62.4 Å². The Bertz CT molecular complexity index is 733. The zero-order valence-corrected chi connectivity index (χ0v) is 26.1. The third-order valence-electron chi connectivity index (χ3n) is 6.32. The normalized spacial score (nSPS) is 13.6. The van der Waals surface area contributed by atoms with Crippen molar-refractivity contribution in [3.05, 3.63) is 60.7 Å². The third kappa shape index (κ3) is 5.48. The van der Waals surface area contributed by atoms with E-state index in [0.717, 1.165) is 6.42 Å². The van der Waals surface area contributed by atoms with Gasteiger partial charge in [-0.25, -0.2) is 0 Å². The summed E-state index contributed by atoms with van der Waals surface area (Å²) >= 11 is 0. The van der Waals surface area contributed by atoms with Gasteiger partial charge in [0.15, 0.2) is 0 Å². The van der Waals surface area contributed by atoms with Crippen LogP contribution in [-0.4, -0.2) is 65.9 Å². The molecule has 0 aliphatic carbocycles. The second kappa shape index (κ2) is 13.8. The van der Waals surface area contributed by atoms with E-state index >= 15 is 0 Å². The van der Waals surface area contributed by atoms with Gasteiger partial charge in [0.25, 0.3) is 0 Å². The van der Waals surface area contributed by atoms with Crippen molar-refractivity contribution >= 4 is 60.1 Å². The molecule has 0 N–H and O–H groups in total. The number of hydrogen-bond donors (Lipinski definition) is 0. The van der Waals surface area contributed by atoms with Crippen LogP contribution in [0.3, 0.4) is 0 Å². The Balaban J connectivity index is 0.00000544. The lowest BCUT2D eigenvalue weighted by Crippen LogP contribution is -2.72. The van der Waals surface area contributed by atoms with Crippen molar-refractivity contribution in [2.75, 3.05) is 42.7 Å². The van der Waals surface area contributed by atoms with Crippen LogP contribution in [0.2, 0.25) is 4.66 Å². The summed E-state index contributed by atoms with van der Waals surface area (Å²) in [6, 6.07) is 21.2. The highest BCUT2D eigenvalue weighted by Crippen LogP contribution is 2.62. The van der Waals surface area contributed by atoms with Gasteiger partial charge in [-0.15, -0.1) is 24.0 Å². The van der Waals surface area contributed by atoms with Crippen molar-refractivity contribution in [1.29, 1.82) is 0 Å². The van der Waals surface area contributed by atoms with E-state index in [1.165, 1.54) is 10.6 Å². The van der Waals surface area contributed by atoms with Gasteiger partial charge < -0.3 is 26.6 Å². The molecular weight excluding hydrogens is 586 g/mol. The molecule has 33 heavy (non-hydrogen) atoms. The first kappa shape index (κ1) is 30.8. The molecule has 0 amide bonds. The van der Waals surface area contributed by atoms with Gasteiger partial charge in [-0.05, 0) is 31.9 Å². The Morgan fingerprint density at radius 3 is 1.21 bits per heavy atom. The predicted octanol–water partition coefficient (Wildman–Crippen LogP) is 4.57. The lowest BCUT2D eigenvalue weighted by molar-refractivity contribution is 0.0564. The van der Waals surface area contributed by atoms with Crippen molar-refractivity contribution in [3.8, 4) is 0 Å². The largest absolute Gasteiger partial charge is 0.511 e. The molecule has 186 valence electrons. The maximum Gasteiger partial charge on any atom is 0.511 e. The zero-order valence-electron chi connectivity index (χ0n) is 20.9. The van der Waals surface area contributed by atoms with Gasteiger partial charge in [0.1, 0.15) is 4.66 Å². The first-order valence-corrected chi connectivity index (χ1v) is 15.5. The minimum atomic E-state index is -3.38. The molecule has 6 nitrogen and oxygen atoms in total. The molecule has 0 spiro atoms. The summed E-state index contributed by atoms with van der Waals surface area (Å²) in [4.78, 5) is 0. The van der Waals surface area contributed by atoms with Gasteiger partial charge in [-0.2, -0.15) is 0 Å². The van der Waals surface area contributed by atoms with Crippen LogP contribution in [0.15, 0.2) is 60.7 Å². The first-order chi connectivity index (χ1) is 15.4. The molecule has 1 atom stereocenters. The monoisotopic (exact) mass is 624 g/mol. The lowest BCUT2D eigenvalue weighted by atomic mass is 10.2. The van der Waals surface area contributed by atoms with Crippen LogP contribution in [0.1, 0.15) is 20.3 Å². The van der Waals surface area contributed by atoms with E-state index in [0.29, 0.717) is 0 Å². The molecule has 2 rings (SSSR count). The van der Waals surface area contributed by atoms with Gasteiger partial charge >= 0.3 is 17.6 Å². The van der Waals surface area contributed by atoms with Crippen LogP contribution in [0, 0.1) is 0 Å². The SMILES string of the molecule is CCC(P(c1ccccc1)c1ccccc1)C(C)([Si](OC)(OC)OC)[Si](OC)(OC)OC.I. The third-order valence-corrected chi connectivity index (χ3v) is 18.3. The van der Waals surface area contributed by atoms with Gasteiger partial charge in [0.05, 0.1) is 0 Å². The molecule has 0 aliphatic rings. The molecule has 0 aromatic heterocycles. The average molecular weight is 625 g/mol. The fourth-order valence-electron chi connectivity index (χ4n) is 4.90. The average Bonchev–Trinajstić information content (AvgIpc) is 2.86. The molecule has 0 bridgehead atoms. The van der Waals surface area contributed by atoms with E-state index in [1.54, 1.807) is 42.7 Å². The minimum absolute atomic E-state index is 0. The Morgan fingerprint density at radius 1 is 0.667 bits per heavy atom. The zero-order chi connectivity index (χ0) is 23.8. The molecular formula is C23H38IO6PSi2. The van der Waals surface area contributed by atoms with Crippen molar-refractivity contribution in [2.45, 2.75) is 30.6 Å². The molecule has 0 aliphatic heterocycles. The minimum Gasteiger partial charge on any atom is -0.377 e. The summed E-state index contributed by atoms with van der Waals surface area (Å²) in [6.45, 7) is 4.29. The van der Waals surface area contributed by atoms with Crippen LogP contribution in [0.4, 0.5) is 0 Å². The van der Waals surface area contributed by atoms with Gasteiger partial charge in [-0.3, -0.25) is 0 Å². The highest BCUT2D eigenvalue weighted by atomic mass is 127. The second-order valence-electron chi connectivity index (χ2n) is 7.50. The van der Waals surface area contributed by atoms with Crippen LogP contribution in [-0.2, 0) is 26.6 Å². The van der Waals surface area contributed by atoms with Crippen LogP contribution in [0.25, 0.3) is 0 Å². The fourth-order valence-corrected chi connectivity index (χ4v) is 17.6. The van der Waals surface area contributed by atoms with Crippen LogP contribution < -0.4 is 10.6 Å². The molecule has 1 unspecified atom stereocenters. The van der Waals surface area contributed by atoms with E-state index in [4.69, 9.17) is 26.6 Å². The van der Waals surface area contributed by atoms with Crippen LogP contribution >= 0.6 is 31.9 Å². The highest BCUT2D eigenvalue weighted by molar-refractivity contribution is 14.0. The smallest absolute Gasteiger partial charge is 0.377 e. The summed E-state index contributed by atoms with van der Waals surface area (Å²) in [5, 5.41) is 2.51. The van der Waals surface area contributed by atoms with E-state index in [-0.39, 0.29) is 29.6 Å². The molecule has 10 heteroatoms. The van der Waals surface area contributed by atoms with Crippen molar-refractivity contribution < 1.29 is 26.6 Å². The van der Waals surface area contributed by atoms with Gasteiger partial charge in [-0.1, -0.05) is 67.6 Å². The summed E-state index contributed by atoms with van der Waals surface area (Å²) in [5.74, 6) is 0. The lowest BCUT2D eigenvalue weighted by Gasteiger charge is -2.53. The maximum atomic E-state index is 6.12. The summed E-state index contributed by atoms with van der Waals surface area (Å²) in [5.41, 5.74) is 0.0142. The second-order valence-corrected chi connectivity index (χ2v) is 17.2. The van der Waals surface area contributed by atoms with Crippen molar-refractivity contribution in [1.82, 2.24) is 0 Å². The molecule has 0 heterocycles. The Kier molecular flexibility index (Phi) is 12.9. The number of halogens is 1. The number of hydrogen-bond acceptors (Lipinski definition) is 6. The van der Waals surface area contributed by atoms with Gasteiger partial charge in [0, 0.05) is 48.3 Å². The van der Waals surface area contributed by atoms with Gasteiger partial charge in [0.2, 0.25) is 0 Å². The standard InChI is InChI=1S/C23H37O6PSi2.HI/c1-9-22(30(20-16-12-10-13-17-20)21-18-14-11-15-19-21)23(2,31(24-3,25-4)26-5)32(27-6,28-7)29-8;/h10-19,22H,9H2,1-8H3;1H. The van der Waals surface area contributed by atoms with Crippen molar-refractivity contribution in [3.63, 3.8) is 0 Å². The molecule has 0 saturated heterocycles. The quantitative estimate of drug-likeness (QED) is 0.185.